The molecule has 4 aromatic rings. The zero-order valence-electron chi connectivity index (χ0n) is 19.6. The van der Waals surface area contributed by atoms with Gasteiger partial charge in [-0.25, -0.2) is 4.98 Å². The van der Waals surface area contributed by atoms with Crippen molar-refractivity contribution in [3.05, 3.63) is 80.5 Å². The van der Waals surface area contributed by atoms with E-state index >= 15 is 0 Å². The Labute approximate surface area is 207 Å². The third-order valence-corrected chi connectivity index (χ3v) is 8.39. The quantitative estimate of drug-likeness (QED) is 0.279. The number of thiophene rings is 1. The number of carbonyl (C=O) groups excluding carboxylic acids is 1. The highest BCUT2D eigenvalue weighted by Gasteiger charge is 2.25. The number of fused-ring (bicyclic) bond motifs is 3. The number of hydrogen-bond acceptors (Lipinski definition) is 5. The molecular formula is C27H27N3O2S2. The minimum absolute atomic E-state index is 0.0412. The molecule has 5 rings (SSSR count). The van der Waals surface area contributed by atoms with Crippen LogP contribution in [0.3, 0.4) is 0 Å². The number of anilines is 1. The Morgan fingerprint density at radius 3 is 2.76 bits per heavy atom. The molecule has 174 valence electrons. The second-order valence-electron chi connectivity index (χ2n) is 9.06. The molecule has 2 aromatic carbocycles. The standard InChI is InChI=1S/C27H27N3O2S2/c1-16-10-12-21(18(3)13-16)28-23(31)15-33-27-29-25-24(20-11-9-17(2)14-22(20)34-25)26(32)30(27)19-7-5-4-6-8-19/h4-8,10,12-13,17H,9,11,14-15H2,1-3H3,(H,28,31)/t17-/m0/s1. The molecule has 0 aliphatic heterocycles. The van der Waals surface area contributed by atoms with E-state index in [4.69, 9.17) is 4.98 Å². The van der Waals surface area contributed by atoms with Gasteiger partial charge in [0.1, 0.15) is 4.83 Å². The Balaban J connectivity index is 1.50. The first-order chi connectivity index (χ1) is 16.4. The molecule has 0 bridgehead atoms. The summed E-state index contributed by atoms with van der Waals surface area (Å²) >= 11 is 2.94. The second kappa shape index (κ2) is 9.39. The minimum Gasteiger partial charge on any atom is -0.325 e. The van der Waals surface area contributed by atoms with Gasteiger partial charge in [0.2, 0.25) is 5.91 Å². The van der Waals surface area contributed by atoms with E-state index in [0.29, 0.717) is 11.1 Å². The predicted octanol–water partition coefficient (Wildman–Crippen LogP) is 5.92. The van der Waals surface area contributed by atoms with E-state index in [1.165, 1.54) is 22.2 Å². The van der Waals surface area contributed by atoms with Crippen molar-refractivity contribution in [2.45, 2.75) is 45.2 Å². The van der Waals surface area contributed by atoms with E-state index in [1.807, 2.05) is 62.4 Å². The lowest BCUT2D eigenvalue weighted by Crippen LogP contribution is -2.23. The molecule has 1 N–H and O–H groups in total. The minimum atomic E-state index is -0.120. The zero-order chi connectivity index (χ0) is 23.8. The molecule has 0 saturated heterocycles. The largest absolute Gasteiger partial charge is 0.325 e. The van der Waals surface area contributed by atoms with Crippen molar-refractivity contribution in [2.24, 2.45) is 5.92 Å². The number of aryl methyl sites for hydroxylation is 3. The van der Waals surface area contributed by atoms with Crippen LogP contribution in [0.15, 0.2) is 58.5 Å². The van der Waals surface area contributed by atoms with E-state index < -0.39 is 0 Å². The number of nitrogens with zero attached hydrogens (tertiary/aromatic N) is 2. The number of aromatic nitrogens is 2. The fourth-order valence-corrected chi connectivity index (χ4v) is 6.78. The molecule has 0 fully saturated rings. The molecule has 0 radical (unpaired) electrons. The smallest absolute Gasteiger partial charge is 0.267 e. The van der Waals surface area contributed by atoms with Gasteiger partial charge in [0.05, 0.1) is 16.8 Å². The lowest BCUT2D eigenvalue weighted by atomic mass is 9.89. The third-order valence-electron chi connectivity index (χ3n) is 6.30. The molecule has 5 nitrogen and oxygen atoms in total. The summed E-state index contributed by atoms with van der Waals surface area (Å²) in [6.45, 7) is 6.28. The zero-order valence-corrected chi connectivity index (χ0v) is 21.2. The molecule has 0 unspecified atom stereocenters. The van der Waals surface area contributed by atoms with Crippen LogP contribution in [0.4, 0.5) is 5.69 Å². The Hall–Kier alpha value is -2.90. The fourth-order valence-electron chi connectivity index (χ4n) is 4.54. The summed E-state index contributed by atoms with van der Waals surface area (Å²) in [5, 5.41) is 4.29. The molecule has 2 aromatic heterocycles. The maximum Gasteiger partial charge on any atom is 0.267 e. The van der Waals surface area contributed by atoms with Crippen LogP contribution in [-0.4, -0.2) is 21.2 Å². The molecule has 0 spiro atoms. The molecule has 1 aliphatic rings. The Morgan fingerprint density at radius 2 is 2.00 bits per heavy atom. The summed E-state index contributed by atoms with van der Waals surface area (Å²) in [4.78, 5) is 33.5. The Bertz CT molecular complexity index is 1440. The van der Waals surface area contributed by atoms with Gasteiger partial charge >= 0.3 is 0 Å². The van der Waals surface area contributed by atoms with Gasteiger partial charge in [-0.15, -0.1) is 11.3 Å². The normalized spacial score (nSPS) is 15.3. The van der Waals surface area contributed by atoms with Crippen LogP contribution in [0.5, 0.6) is 0 Å². The molecule has 1 amide bonds. The van der Waals surface area contributed by atoms with Crippen LogP contribution >= 0.6 is 23.1 Å². The summed E-state index contributed by atoms with van der Waals surface area (Å²) in [5.41, 5.74) is 4.88. The Morgan fingerprint density at radius 1 is 1.21 bits per heavy atom. The molecule has 34 heavy (non-hydrogen) atoms. The molecule has 2 heterocycles. The number of thioether (sulfide) groups is 1. The van der Waals surface area contributed by atoms with Gasteiger partial charge in [0.15, 0.2) is 5.16 Å². The van der Waals surface area contributed by atoms with Crippen molar-refractivity contribution in [1.29, 1.82) is 0 Å². The summed E-state index contributed by atoms with van der Waals surface area (Å²) in [6.07, 6.45) is 3.02. The third kappa shape index (κ3) is 4.42. The first-order valence-electron chi connectivity index (χ1n) is 11.5. The van der Waals surface area contributed by atoms with E-state index in [9.17, 15) is 9.59 Å². The highest BCUT2D eigenvalue weighted by molar-refractivity contribution is 7.99. The van der Waals surface area contributed by atoms with E-state index in [2.05, 4.69) is 12.2 Å². The summed E-state index contributed by atoms with van der Waals surface area (Å²) in [6, 6.07) is 15.5. The van der Waals surface area contributed by atoms with Crippen LogP contribution in [0.1, 0.15) is 34.9 Å². The summed E-state index contributed by atoms with van der Waals surface area (Å²) < 4.78 is 1.67. The monoisotopic (exact) mass is 489 g/mol. The van der Waals surface area contributed by atoms with Gasteiger partial charge in [-0.3, -0.25) is 14.2 Å². The van der Waals surface area contributed by atoms with Gasteiger partial charge in [-0.1, -0.05) is 54.6 Å². The lowest BCUT2D eigenvalue weighted by Gasteiger charge is -2.17. The van der Waals surface area contributed by atoms with Crippen LogP contribution in [0, 0.1) is 19.8 Å². The van der Waals surface area contributed by atoms with Crippen molar-refractivity contribution in [3.63, 3.8) is 0 Å². The van der Waals surface area contributed by atoms with Crippen molar-refractivity contribution in [1.82, 2.24) is 9.55 Å². The van der Waals surface area contributed by atoms with Crippen molar-refractivity contribution in [3.8, 4) is 5.69 Å². The highest BCUT2D eigenvalue weighted by atomic mass is 32.2. The molecule has 1 aliphatic carbocycles. The van der Waals surface area contributed by atoms with E-state index in [-0.39, 0.29) is 17.2 Å². The maximum atomic E-state index is 13.8. The molecule has 7 heteroatoms. The van der Waals surface area contributed by atoms with Gasteiger partial charge < -0.3 is 5.32 Å². The number of nitrogens with one attached hydrogen (secondary N) is 1. The van der Waals surface area contributed by atoms with Crippen molar-refractivity contribution >= 4 is 44.9 Å². The first-order valence-corrected chi connectivity index (χ1v) is 13.3. The van der Waals surface area contributed by atoms with Crippen LogP contribution in [-0.2, 0) is 17.6 Å². The van der Waals surface area contributed by atoms with Gasteiger partial charge in [-0.05, 0) is 68.4 Å². The molecular weight excluding hydrogens is 462 g/mol. The highest BCUT2D eigenvalue weighted by Crippen LogP contribution is 2.37. The lowest BCUT2D eigenvalue weighted by molar-refractivity contribution is -0.113. The predicted molar refractivity (Wildman–Crippen MR) is 142 cm³/mol. The number of amides is 1. The van der Waals surface area contributed by atoms with Crippen LogP contribution in [0.2, 0.25) is 0 Å². The van der Waals surface area contributed by atoms with E-state index in [0.717, 1.165) is 52.0 Å². The van der Waals surface area contributed by atoms with Gasteiger partial charge in [0, 0.05) is 10.6 Å². The summed E-state index contributed by atoms with van der Waals surface area (Å²) in [5.74, 6) is 0.671. The van der Waals surface area contributed by atoms with E-state index in [1.54, 1.807) is 15.9 Å². The average molecular weight is 490 g/mol. The fraction of sp³-hybridized carbons (Fsp3) is 0.296. The van der Waals surface area contributed by atoms with Crippen molar-refractivity contribution in [2.75, 3.05) is 11.1 Å². The maximum absolute atomic E-state index is 13.8. The van der Waals surface area contributed by atoms with Gasteiger partial charge in [0.25, 0.3) is 5.56 Å². The number of para-hydroxylation sites is 1. The number of rotatable bonds is 5. The SMILES string of the molecule is Cc1ccc(NC(=O)CSc2nc3sc4c(c3c(=O)n2-c2ccccc2)CC[C@H](C)C4)c(C)c1. The van der Waals surface area contributed by atoms with Crippen LogP contribution in [0.25, 0.3) is 15.9 Å². The number of benzene rings is 2. The van der Waals surface area contributed by atoms with Gasteiger partial charge in [-0.2, -0.15) is 0 Å². The topological polar surface area (TPSA) is 64.0 Å². The Kier molecular flexibility index (Phi) is 6.32. The number of hydrogen-bond donors (Lipinski definition) is 1. The first kappa shape index (κ1) is 22.9. The molecule has 1 atom stereocenters. The summed E-state index contributed by atoms with van der Waals surface area (Å²) in [7, 11) is 0. The average Bonchev–Trinajstić information content (AvgIpc) is 3.17. The van der Waals surface area contributed by atoms with Crippen LogP contribution < -0.4 is 10.9 Å². The molecule has 0 saturated carbocycles. The van der Waals surface area contributed by atoms with Crippen molar-refractivity contribution < 1.29 is 4.79 Å². The number of carbonyl (C=O) groups is 1. The second-order valence-corrected chi connectivity index (χ2v) is 11.1.